The second-order valence-corrected chi connectivity index (χ2v) is 11.9. The first-order chi connectivity index (χ1) is 20.5. The number of amides is 2. The van der Waals surface area contributed by atoms with Gasteiger partial charge in [0.05, 0.1) is 36.0 Å². The van der Waals surface area contributed by atoms with Gasteiger partial charge >= 0.3 is 6.18 Å². The molecule has 2 aromatic rings. The number of alkyl halides is 3. The van der Waals surface area contributed by atoms with Gasteiger partial charge in [0, 0.05) is 74.4 Å². The lowest BCUT2D eigenvalue weighted by Crippen LogP contribution is -2.52. The van der Waals surface area contributed by atoms with Crippen LogP contribution in [0.2, 0.25) is 5.02 Å². The van der Waals surface area contributed by atoms with Crippen molar-refractivity contribution in [1.82, 2.24) is 15.1 Å². The molecule has 4 rings (SSSR count). The number of carbonyl (C=O) groups is 2. The molecule has 0 spiro atoms. The Bertz CT molecular complexity index is 1290. The number of halogens is 6. The van der Waals surface area contributed by atoms with Gasteiger partial charge in [-0.2, -0.15) is 24.9 Å². The van der Waals surface area contributed by atoms with Crippen LogP contribution < -0.4 is 15.5 Å². The van der Waals surface area contributed by atoms with E-state index in [9.17, 15) is 32.3 Å². The van der Waals surface area contributed by atoms with Crippen molar-refractivity contribution in [3.05, 3.63) is 58.1 Å². The Morgan fingerprint density at radius 3 is 2.47 bits per heavy atom. The van der Waals surface area contributed by atoms with Crippen molar-refractivity contribution >= 4 is 46.6 Å². The fourth-order valence-electron chi connectivity index (χ4n) is 5.04. The summed E-state index contributed by atoms with van der Waals surface area (Å²) < 4.78 is 67.9. The van der Waals surface area contributed by atoms with Gasteiger partial charge < -0.3 is 20.6 Å². The molecule has 3 N–H and O–H groups in total. The first-order valence-electron chi connectivity index (χ1n) is 13.8. The van der Waals surface area contributed by atoms with Gasteiger partial charge in [-0.3, -0.25) is 19.4 Å². The second kappa shape index (κ2) is 14.9. The highest BCUT2D eigenvalue weighted by Crippen LogP contribution is 2.31. The molecular weight excluding hydrogens is 617 g/mol. The van der Waals surface area contributed by atoms with Gasteiger partial charge in [0.2, 0.25) is 5.91 Å². The minimum absolute atomic E-state index is 0.0999. The zero-order valence-corrected chi connectivity index (χ0v) is 24.8. The number of hydrogen-bond acceptors (Lipinski definition) is 7. The normalized spacial score (nSPS) is 18.5. The molecule has 15 heteroatoms. The fourth-order valence-corrected chi connectivity index (χ4v) is 6.32. The topological polar surface area (TPSA) is 88.2 Å². The van der Waals surface area contributed by atoms with Gasteiger partial charge in [0.1, 0.15) is 0 Å². The lowest BCUT2D eigenvalue weighted by molar-refractivity contribution is -0.138. The molecule has 2 heterocycles. The Morgan fingerprint density at radius 2 is 1.77 bits per heavy atom. The maximum Gasteiger partial charge on any atom is 0.390 e. The van der Waals surface area contributed by atoms with Crippen LogP contribution in [0.15, 0.2) is 30.3 Å². The number of β-amino-alcohol motifs (C(OH)–C–C–N with tert-alkyl or cyclic N) is 1. The van der Waals surface area contributed by atoms with E-state index in [-0.39, 0.29) is 36.9 Å². The van der Waals surface area contributed by atoms with Crippen LogP contribution in [0.25, 0.3) is 0 Å². The average molecular weight is 650 g/mol. The van der Waals surface area contributed by atoms with Crippen molar-refractivity contribution in [2.45, 2.75) is 25.2 Å². The Hall–Kier alpha value is -2.65. The second-order valence-electron chi connectivity index (χ2n) is 10.3. The van der Waals surface area contributed by atoms with E-state index in [1.165, 1.54) is 18.2 Å². The van der Waals surface area contributed by atoms with Crippen LogP contribution in [0.4, 0.5) is 33.3 Å². The van der Waals surface area contributed by atoms with Crippen molar-refractivity contribution in [2.24, 2.45) is 0 Å². The van der Waals surface area contributed by atoms with Crippen molar-refractivity contribution < 1.29 is 36.6 Å². The molecule has 1 unspecified atom stereocenters. The zero-order chi connectivity index (χ0) is 31.1. The van der Waals surface area contributed by atoms with Crippen LogP contribution in [0.3, 0.4) is 0 Å². The van der Waals surface area contributed by atoms with Crippen LogP contribution in [0.1, 0.15) is 22.3 Å². The van der Waals surface area contributed by atoms with Crippen molar-refractivity contribution in [3.63, 3.8) is 0 Å². The summed E-state index contributed by atoms with van der Waals surface area (Å²) in [7, 11) is 0. The van der Waals surface area contributed by atoms with E-state index in [1.807, 2.05) is 9.80 Å². The van der Waals surface area contributed by atoms with Crippen LogP contribution in [-0.4, -0.2) is 103 Å². The Labute approximate surface area is 255 Å². The average Bonchev–Trinajstić information content (AvgIpc) is 2.98. The molecule has 0 bridgehead atoms. The summed E-state index contributed by atoms with van der Waals surface area (Å²) in [5.41, 5.74) is 0.123. The number of piperazine rings is 1. The van der Waals surface area contributed by atoms with E-state index in [2.05, 4.69) is 10.6 Å². The third-order valence-corrected chi connectivity index (χ3v) is 8.68. The molecule has 2 aliphatic heterocycles. The number of aliphatic hydroxyl groups is 1. The molecule has 0 aliphatic carbocycles. The number of nitrogens with one attached hydrogen (secondary N) is 2. The van der Waals surface area contributed by atoms with E-state index in [4.69, 9.17) is 11.6 Å². The van der Waals surface area contributed by atoms with Gasteiger partial charge in [0.15, 0.2) is 11.6 Å². The van der Waals surface area contributed by atoms with Crippen molar-refractivity contribution in [3.8, 4) is 0 Å². The number of benzene rings is 2. The number of anilines is 2. The van der Waals surface area contributed by atoms with Crippen LogP contribution in [-0.2, 0) is 11.3 Å². The van der Waals surface area contributed by atoms with E-state index in [1.54, 1.807) is 22.7 Å². The highest BCUT2D eigenvalue weighted by molar-refractivity contribution is 7.99. The third kappa shape index (κ3) is 8.94. The summed E-state index contributed by atoms with van der Waals surface area (Å²) in [5.74, 6) is -2.55. The quantitative estimate of drug-likeness (QED) is 0.336. The SMILES string of the molecule is O=C(Nc1ccc(Cl)cc1N1CCN(CCC(F)(F)F)CC1)c1ccc(CNC(=O)C2CSCCN2CCO)c(F)c1F. The van der Waals surface area contributed by atoms with E-state index < -0.39 is 41.7 Å². The highest BCUT2D eigenvalue weighted by Gasteiger charge is 2.30. The van der Waals surface area contributed by atoms with E-state index in [0.717, 1.165) is 11.8 Å². The van der Waals surface area contributed by atoms with Crippen LogP contribution >= 0.6 is 23.4 Å². The molecular formula is C28H33ClF5N5O3S. The van der Waals surface area contributed by atoms with Gasteiger partial charge in [-0.25, -0.2) is 8.78 Å². The molecule has 1 atom stereocenters. The predicted octanol–water partition coefficient (Wildman–Crippen LogP) is 3.97. The van der Waals surface area contributed by atoms with Gasteiger partial charge in [-0.15, -0.1) is 0 Å². The smallest absolute Gasteiger partial charge is 0.390 e. The number of hydrogen-bond donors (Lipinski definition) is 3. The van der Waals surface area contributed by atoms with Crippen LogP contribution in [0.5, 0.6) is 0 Å². The molecule has 2 aliphatic rings. The first-order valence-corrected chi connectivity index (χ1v) is 15.3. The lowest BCUT2D eigenvalue weighted by atomic mass is 10.1. The Balaban J connectivity index is 1.40. The standard InChI is InChI=1S/C28H33ClF5N5O3S/c29-19-2-4-21(22(15-19)38-9-7-37(8-10-38)6-5-28(32,33)34)36-26(41)20-3-1-18(24(30)25(20)31)16-35-27(42)23-17-43-14-12-39(23)11-13-40/h1-4,15,23,40H,5-14,16-17H2,(H,35,42)(H,36,41). The minimum atomic E-state index is -4.24. The van der Waals surface area contributed by atoms with Gasteiger partial charge in [-0.1, -0.05) is 17.7 Å². The fraction of sp³-hybridized carbons (Fsp3) is 0.500. The number of nitrogens with zero attached hydrogens (tertiary/aromatic N) is 3. The minimum Gasteiger partial charge on any atom is -0.395 e. The van der Waals surface area contributed by atoms with Gasteiger partial charge in [0.25, 0.3) is 5.91 Å². The molecule has 2 aromatic carbocycles. The summed E-state index contributed by atoms with van der Waals surface area (Å²) in [6.07, 6.45) is -5.14. The van der Waals surface area contributed by atoms with E-state index >= 15 is 4.39 Å². The largest absolute Gasteiger partial charge is 0.395 e. The zero-order valence-electron chi connectivity index (χ0n) is 23.2. The summed E-state index contributed by atoms with van der Waals surface area (Å²) in [6, 6.07) is 6.51. The first kappa shape index (κ1) is 33.2. The predicted molar refractivity (Wildman–Crippen MR) is 157 cm³/mol. The monoisotopic (exact) mass is 649 g/mol. The number of thioether (sulfide) groups is 1. The summed E-state index contributed by atoms with van der Waals surface area (Å²) in [5, 5.41) is 14.8. The molecule has 0 aromatic heterocycles. The van der Waals surface area contributed by atoms with E-state index in [0.29, 0.717) is 55.7 Å². The molecule has 43 heavy (non-hydrogen) atoms. The molecule has 236 valence electrons. The molecule has 2 amide bonds. The maximum atomic E-state index is 15.1. The summed E-state index contributed by atoms with van der Waals surface area (Å²) in [4.78, 5) is 31.2. The molecule has 2 fully saturated rings. The number of carbonyl (C=O) groups excluding carboxylic acids is 2. The summed E-state index contributed by atoms with van der Waals surface area (Å²) in [6.45, 7) is 1.96. The van der Waals surface area contributed by atoms with Crippen LogP contribution in [0, 0.1) is 11.6 Å². The lowest BCUT2D eigenvalue weighted by Gasteiger charge is -2.37. The summed E-state index contributed by atoms with van der Waals surface area (Å²) >= 11 is 7.77. The maximum absolute atomic E-state index is 15.1. The van der Waals surface area contributed by atoms with Crippen molar-refractivity contribution in [2.75, 3.05) is 74.1 Å². The van der Waals surface area contributed by atoms with Gasteiger partial charge in [-0.05, 0) is 24.3 Å². The number of rotatable bonds is 10. The molecule has 0 radical (unpaired) electrons. The third-order valence-electron chi connectivity index (χ3n) is 7.42. The Kier molecular flexibility index (Phi) is 11.5. The molecule has 2 saturated heterocycles. The van der Waals surface area contributed by atoms with Crippen molar-refractivity contribution in [1.29, 1.82) is 0 Å². The molecule has 0 saturated carbocycles. The number of aliphatic hydroxyl groups excluding tert-OH is 1. The molecule has 8 nitrogen and oxygen atoms in total. The Morgan fingerprint density at radius 1 is 1.02 bits per heavy atom. The highest BCUT2D eigenvalue weighted by atomic mass is 35.5.